The molecule has 0 amide bonds. The highest BCUT2D eigenvalue weighted by Gasteiger charge is 2.16. The second-order valence-electron chi connectivity index (χ2n) is 3.90. The largest absolute Gasteiger partial charge is 0.497 e. The summed E-state index contributed by atoms with van der Waals surface area (Å²) < 4.78 is 5.10. The number of rotatable bonds is 6. The Labute approximate surface area is 107 Å². The van der Waals surface area contributed by atoms with Gasteiger partial charge in [0, 0.05) is 11.6 Å². The molecule has 0 saturated heterocycles. The van der Waals surface area contributed by atoms with Gasteiger partial charge in [-0.05, 0) is 24.7 Å². The first kappa shape index (κ1) is 14.0. The van der Waals surface area contributed by atoms with Gasteiger partial charge >= 0.3 is 0 Å². The van der Waals surface area contributed by atoms with Gasteiger partial charge in [-0.2, -0.15) is 0 Å². The molecule has 1 aromatic rings. The van der Waals surface area contributed by atoms with Gasteiger partial charge in [0.2, 0.25) is 0 Å². The van der Waals surface area contributed by atoms with Gasteiger partial charge in [0.05, 0.1) is 19.8 Å². The second-order valence-corrected chi connectivity index (χ2v) is 4.44. The fourth-order valence-electron chi connectivity index (χ4n) is 1.71. The number of aliphatic hydroxyl groups is 1. The molecule has 0 aliphatic rings. The molecular formula is C13H18ClNO2. The smallest absolute Gasteiger partial charge is 0.118 e. The monoisotopic (exact) mass is 255 g/mol. The summed E-state index contributed by atoms with van der Waals surface area (Å²) in [5, 5.41) is 10.00. The van der Waals surface area contributed by atoms with Crippen molar-refractivity contribution in [3.63, 3.8) is 0 Å². The highest BCUT2D eigenvalue weighted by molar-refractivity contribution is 6.29. The summed E-state index contributed by atoms with van der Waals surface area (Å²) in [7, 11) is 3.53. The van der Waals surface area contributed by atoms with Crippen molar-refractivity contribution in [2.24, 2.45) is 0 Å². The molecule has 0 radical (unpaired) electrons. The zero-order chi connectivity index (χ0) is 12.8. The van der Waals surface area contributed by atoms with Crippen LogP contribution in [0.2, 0.25) is 0 Å². The Hall–Kier alpha value is -1.03. The molecular weight excluding hydrogens is 238 g/mol. The first-order valence-corrected chi connectivity index (χ1v) is 5.74. The van der Waals surface area contributed by atoms with Crippen molar-refractivity contribution in [1.82, 2.24) is 4.90 Å². The lowest BCUT2D eigenvalue weighted by atomic mass is 10.1. The molecule has 1 rings (SSSR count). The molecule has 0 bridgehead atoms. The van der Waals surface area contributed by atoms with E-state index in [0.717, 1.165) is 11.3 Å². The summed E-state index contributed by atoms with van der Waals surface area (Å²) >= 11 is 5.77. The van der Waals surface area contributed by atoms with E-state index in [4.69, 9.17) is 16.3 Å². The van der Waals surface area contributed by atoms with Crippen molar-refractivity contribution in [1.29, 1.82) is 0 Å². The second kappa shape index (κ2) is 6.64. The van der Waals surface area contributed by atoms with Crippen LogP contribution in [0.1, 0.15) is 11.6 Å². The Morgan fingerprint density at radius 2 is 2.06 bits per heavy atom. The maximum Gasteiger partial charge on any atom is 0.118 e. The molecule has 0 fully saturated rings. The molecule has 0 aliphatic carbocycles. The van der Waals surface area contributed by atoms with Gasteiger partial charge in [-0.15, -0.1) is 0 Å². The first-order valence-electron chi connectivity index (χ1n) is 5.36. The summed E-state index contributed by atoms with van der Waals surface area (Å²) in [5.41, 5.74) is 1.02. The lowest BCUT2D eigenvalue weighted by molar-refractivity contribution is 0.158. The van der Waals surface area contributed by atoms with Crippen molar-refractivity contribution in [2.45, 2.75) is 6.04 Å². The average molecular weight is 256 g/mol. The molecule has 0 aliphatic heterocycles. The molecule has 0 unspecified atom stereocenters. The normalized spacial score (nSPS) is 12.5. The molecule has 0 saturated carbocycles. The van der Waals surface area contributed by atoms with Gasteiger partial charge in [0.1, 0.15) is 5.75 Å². The van der Waals surface area contributed by atoms with E-state index >= 15 is 0 Å². The minimum absolute atomic E-state index is 0.0347. The number of methoxy groups -OCH3 is 1. The molecule has 0 aromatic heterocycles. The standard InChI is InChI=1S/C13H18ClNO2/c1-10(14)8-15(2)13(9-16)11-4-6-12(17-3)7-5-11/h4-7,13,16H,1,8-9H2,2-3H3/t13-/m1/s1. The predicted molar refractivity (Wildman–Crippen MR) is 70.4 cm³/mol. The summed E-state index contributed by atoms with van der Waals surface area (Å²) in [6.45, 7) is 4.23. The Balaban J connectivity index is 2.81. The van der Waals surface area contributed by atoms with E-state index in [1.807, 2.05) is 36.2 Å². The van der Waals surface area contributed by atoms with Crippen LogP contribution < -0.4 is 4.74 Å². The Bertz CT molecular complexity index is 364. The summed E-state index contributed by atoms with van der Waals surface area (Å²) in [6, 6.07) is 7.54. The van der Waals surface area contributed by atoms with Gasteiger partial charge in [-0.3, -0.25) is 4.90 Å². The van der Waals surface area contributed by atoms with Gasteiger partial charge < -0.3 is 9.84 Å². The Morgan fingerprint density at radius 1 is 1.47 bits per heavy atom. The molecule has 4 heteroatoms. The highest BCUT2D eigenvalue weighted by Crippen LogP contribution is 2.22. The van der Waals surface area contributed by atoms with E-state index in [9.17, 15) is 5.11 Å². The van der Waals surface area contributed by atoms with Crippen LogP contribution in [0.4, 0.5) is 0 Å². The molecule has 1 atom stereocenters. The van der Waals surface area contributed by atoms with Crippen LogP contribution in [-0.2, 0) is 0 Å². The van der Waals surface area contributed by atoms with E-state index in [0.29, 0.717) is 11.6 Å². The number of benzene rings is 1. The lowest BCUT2D eigenvalue weighted by Crippen LogP contribution is -2.28. The van der Waals surface area contributed by atoms with Crippen LogP contribution in [0.3, 0.4) is 0 Å². The fraction of sp³-hybridized carbons (Fsp3) is 0.385. The first-order chi connectivity index (χ1) is 8.08. The van der Waals surface area contributed by atoms with Gasteiger partial charge in [-0.25, -0.2) is 0 Å². The maximum absolute atomic E-state index is 9.44. The van der Waals surface area contributed by atoms with E-state index in [1.165, 1.54) is 0 Å². The SMILES string of the molecule is C=C(Cl)CN(C)[C@H](CO)c1ccc(OC)cc1. The fourth-order valence-corrected chi connectivity index (χ4v) is 1.89. The number of halogens is 1. The average Bonchev–Trinajstić information content (AvgIpc) is 2.30. The minimum atomic E-state index is -0.0867. The van der Waals surface area contributed by atoms with E-state index in [2.05, 4.69) is 6.58 Å². The van der Waals surface area contributed by atoms with E-state index < -0.39 is 0 Å². The van der Waals surface area contributed by atoms with Gasteiger partial charge in [-0.1, -0.05) is 30.3 Å². The number of hydrogen-bond acceptors (Lipinski definition) is 3. The van der Waals surface area contributed by atoms with Crippen LogP contribution >= 0.6 is 11.6 Å². The predicted octanol–water partition coefficient (Wildman–Crippen LogP) is 2.41. The molecule has 0 heterocycles. The van der Waals surface area contributed by atoms with Gasteiger partial charge in [0.25, 0.3) is 0 Å². The third-order valence-corrected chi connectivity index (χ3v) is 2.75. The Kier molecular flexibility index (Phi) is 5.48. The maximum atomic E-state index is 9.44. The Morgan fingerprint density at radius 3 is 2.47 bits per heavy atom. The molecule has 94 valence electrons. The van der Waals surface area contributed by atoms with Crippen LogP contribution in [0.25, 0.3) is 0 Å². The van der Waals surface area contributed by atoms with Crippen LogP contribution in [0.15, 0.2) is 35.9 Å². The number of ether oxygens (including phenoxy) is 1. The third kappa shape index (κ3) is 4.04. The van der Waals surface area contributed by atoms with E-state index in [-0.39, 0.29) is 12.6 Å². The highest BCUT2D eigenvalue weighted by atomic mass is 35.5. The van der Waals surface area contributed by atoms with Crippen LogP contribution in [0, 0.1) is 0 Å². The number of hydrogen-bond donors (Lipinski definition) is 1. The third-order valence-electron chi connectivity index (χ3n) is 2.63. The van der Waals surface area contributed by atoms with Gasteiger partial charge in [0.15, 0.2) is 0 Å². The summed E-state index contributed by atoms with van der Waals surface area (Å²) in [5.74, 6) is 0.801. The zero-order valence-corrected chi connectivity index (χ0v) is 10.9. The van der Waals surface area contributed by atoms with Crippen LogP contribution in [0.5, 0.6) is 5.75 Å². The number of aliphatic hydroxyl groups excluding tert-OH is 1. The molecule has 1 N–H and O–H groups in total. The quantitative estimate of drug-likeness (QED) is 0.847. The van der Waals surface area contributed by atoms with Crippen molar-refractivity contribution >= 4 is 11.6 Å². The topological polar surface area (TPSA) is 32.7 Å². The van der Waals surface area contributed by atoms with E-state index in [1.54, 1.807) is 7.11 Å². The molecule has 17 heavy (non-hydrogen) atoms. The molecule has 1 aromatic carbocycles. The number of nitrogens with zero attached hydrogens (tertiary/aromatic N) is 1. The molecule has 0 spiro atoms. The molecule has 3 nitrogen and oxygen atoms in total. The van der Waals surface area contributed by atoms with Crippen LogP contribution in [-0.4, -0.2) is 37.3 Å². The minimum Gasteiger partial charge on any atom is -0.497 e. The lowest BCUT2D eigenvalue weighted by Gasteiger charge is -2.26. The zero-order valence-electron chi connectivity index (χ0n) is 10.2. The van der Waals surface area contributed by atoms with Crippen molar-refractivity contribution in [2.75, 3.05) is 27.3 Å². The number of likely N-dealkylation sites (N-methyl/N-ethyl adjacent to an activating group) is 1. The summed E-state index contributed by atoms with van der Waals surface area (Å²) in [4.78, 5) is 1.96. The van der Waals surface area contributed by atoms with Crippen molar-refractivity contribution in [3.8, 4) is 5.75 Å². The summed E-state index contributed by atoms with van der Waals surface area (Å²) in [6.07, 6.45) is 0. The van der Waals surface area contributed by atoms with Crippen molar-refractivity contribution < 1.29 is 9.84 Å². The van der Waals surface area contributed by atoms with Crippen molar-refractivity contribution in [3.05, 3.63) is 41.4 Å².